The van der Waals surface area contributed by atoms with Crippen LogP contribution in [-0.4, -0.2) is 24.6 Å². The minimum absolute atomic E-state index is 0.256. The van der Waals surface area contributed by atoms with Gasteiger partial charge in [0, 0.05) is 17.5 Å². The quantitative estimate of drug-likeness (QED) is 0.341. The number of halogens is 1. The first-order valence-electron chi connectivity index (χ1n) is 8.19. The third kappa shape index (κ3) is 3.56. The van der Waals surface area contributed by atoms with Crippen LogP contribution in [0.15, 0.2) is 71.6 Å². The van der Waals surface area contributed by atoms with Crippen molar-refractivity contribution in [2.75, 3.05) is 4.31 Å². The van der Waals surface area contributed by atoms with Crippen molar-refractivity contribution in [3.63, 3.8) is 0 Å². The first-order chi connectivity index (χ1) is 13.2. The molecule has 1 unspecified atom stereocenters. The van der Waals surface area contributed by atoms with E-state index in [1.54, 1.807) is 24.3 Å². The monoisotopic (exact) mass is 418 g/mol. The molecule has 0 aliphatic heterocycles. The lowest BCUT2D eigenvalue weighted by atomic mass is 10.1. The van der Waals surface area contributed by atoms with Gasteiger partial charge in [-0.05, 0) is 36.0 Å². The Kier molecular flexibility index (Phi) is 5.35. The number of nitrogens with zero attached hydrogens (tertiary/aromatic N) is 2. The molecular weight excluding hydrogens is 404 g/mol. The molecule has 0 radical (unpaired) electrons. The third-order valence-electron chi connectivity index (χ3n) is 4.27. The van der Waals surface area contributed by atoms with E-state index in [2.05, 4.69) is 0 Å². The topological polar surface area (TPSA) is 97.6 Å². The number of fused-ring (bicyclic) bond motifs is 1. The minimum Gasteiger partial charge on any atom is -0.279 e. The lowest BCUT2D eigenvalue weighted by Gasteiger charge is -2.29. The summed E-state index contributed by atoms with van der Waals surface area (Å²) in [7, 11) is -4.32. The van der Waals surface area contributed by atoms with Crippen molar-refractivity contribution in [1.82, 2.24) is 0 Å². The first kappa shape index (κ1) is 19.8. The van der Waals surface area contributed by atoms with Crippen LogP contribution in [-0.2, 0) is 14.8 Å². The summed E-state index contributed by atoms with van der Waals surface area (Å²) in [5.41, 5.74) is -0.116. The third-order valence-corrected chi connectivity index (χ3v) is 6.47. The Balaban J connectivity index is 2.27. The molecule has 0 bridgehead atoms. The summed E-state index contributed by atoms with van der Waals surface area (Å²) in [6.07, 6.45) is 0. The number of carbonyl (C=O) groups is 1. The Morgan fingerprint density at radius 2 is 1.71 bits per heavy atom. The minimum atomic E-state index is -4.32. The fraction of sp³-hybridized carbons (Fsp3) is 0.105. The maximum absolute atomic E-state index is 13.4. The van der Waals surface area contributed by atoms with Gasteiger partial charge in [0.1, 0.15) is 6.04 Å². The number of nitro groups is 1. The highest BCUT2D eigenvalue weighted by Crippen LogP contribution is 2.34. The number of hydrogen-bond donors (Lipinski definition) is 0. The van der Waals surface area contributed by atoms with Crippen LogP contribution in [0.3, 0.4) is 0 Å². The fourth-order valence-corrected chi connectivity index (χ4v) is 4.74. The van der Waals surface area contributed by atoms with E-state index >= 15 is 0 Å². The highest BCUT2D eigenvalue weighted by Gasteiger charge is 2.34. The fourth-order valence-electron chi connectivity index (χ4n) is 2.91. The summed E-state index contributed by atoms with van der Waals surface area (Å²) in [4.78, 5) is 22.0. The molecule has 0 saturated carbocycles. The van der Waals surface area contributed by atoms with Crippen LogP contribution in [0, 0.1) is 10.1 Å². The van der Waals surface area contributed by atoms with Gasteiger partial charge in [0.05, 0.1) is 15.5 Å². The van der Waals surface area contributed by atoms with Gasteiger partial charge in [-0.15, -0.1) is 0 Å². The van der Waals surface area contributed by atoms with Crippen LogP contribution in [0.4, 0.5) is 11.4 Å². The average Bonchev–Trinajstić information content (AvgIpc) is 2.68. The number of carbonyl (C=O) groups excluding carboxylic acids is 1. The molecule has 144 valence electrons. The van der Waals surface area contributed by atoms with E-state index in [1.165, 1.54) is 25.1 Å². The van der Waals surface area contributed by atoms with E-state index in [4.69, 9.17) is 11.6 Å². The Morgan fingerprint density at radius 1 is 1.07 bits per heavy atom. The van der Waals surface area contributed by atoms with Crippen molar-refractivity contribution in [3.8, 4) is 0 Å². The van der Waals surface area contributed by atoms with E-state index in [-0.39, 0.29) is 16.3 Å². The molecule has 0 amide bonds. The van der Waals surface area contributed by atoms with Crippen LogP contribution >= 0.6 is 11.6 Å². The summed E-state index contributed by atoms with van der Waals surface area (Å²) in [6, 6.07) is 15.6. The van der Waals surface area contributed by atoms with Gasteiger partial charge in [0.15, 0.2) is 0 Å². The number of benzene rings is 3. The zero-order chi connectivity index (χ0) is 20.5. The van der Waals surface area contributed by atoms with E-state index in [0.29, 0.717) is 5.39 Å². The van der Waals surface area contributed by atoms with Gasteiger partial charge in [-0.2, -0.15) is 0 Å². The normalized spacial score (nSPS) is 12.5. The Morgan fingerprint density at radius 3 is 2.39 bits per heavy atom. The predicted octanol–water partition coefficient (Wildman–Crippen LogP) is 4.10. The lowest BCUT2D eigenvalue weighted by molar-refractivity contribution is -0.385. The van der Waals surface area contributed by atoms with E-state index in [0.717, 1.165) is 15.8 Å². The standard InChI is InChI=1S/C19H15ClN2O5S/c1-13(19(20)23)21(18-11-4-7-14-6-2-3-10-17(14)18)28(26,27)16-9-5-8-15(12-16)22(24)25/h2-13H,1H3. The maximum Gasteiger partial charge on any atom is 0.270 e. The van der Waals surface area contributed by atoms with Crippen LogP contribution in [0.25, 0.3) is 10.8 Å². The molecule has 0 aliphatic rings. The molecule has 0 aromatic heterocycles. The average molecular weight is 419 g/mol. The van der Waals surface area contributed by atoms with Crippen molar-refractivity contribution < 1.29 is 18.1 Å². The molecule has 1 atom stereocenters. The molecule has 0 aliphatic carbocycles. The van der Waals surface area contributed by atoms with E-state index < -0.39 is 26.2 Å². The van der Waals surface area contributed by atoms with Crippen LogP contribution in [0.5, 0.6) is 0 Å². The second kappa shape index (κ2) is 7.57. The van der Waals surface area contributed by atoms with Crippen LogP contribution < -0.4 is 4.31 Å². The van der Waals surface area contributed by atoms with Crippen molar-refractivity contribution >= 4 is 49.0 Å². The molecule has 0 spiro atoms. The second-order valence-electron chi connectivity index (χ2n) is 6.03. The molecule has 7 nitrogen and oxygen atoms in total. The molecule has 0 heterocycles. The van der Waals surface area contributed by atoms with Gasteiger partial charge in [0.25, 0.3) is 15.7 Å². The number of rotatable bonds is 6. The molecule has 0 fully saturated rings. The van der Waals surface area contributed by atoms with Crippen LogP contribution in [0.2, 0.25) is 0 Å². The second-order valence-corrected chi connectivity index (χ2v) is 8.22. The smallest absolute Gasteiger partial charge is 0.270 e. The molecular formula is C19H15ClN2O5S. The summed E-state index contributed by atoms with van der Waals surface area (Å²) < 4.78 is 27.7. The lowest BCUT2D eigenvalue weighted by Crippen LogP contribution is -2.42. The van der Waals surface area contributed by atoms with Gasteiger partial charge >= 0.3 is 0 Å². The van der Waals surface area contributed by atoms with E-state index in [1.807, 2.05) is 18.2 Å². The van der Waals surface area contributed by atoms with Gasteiger partial charge in [0.2, 0.25) is 5.24 Å². The SMILES string of the molecule is CC(C(=O)Cl)N(c1cccc2ccccc12)S(=O)(=O)c1cccc([N+](=O)[O-])c1. The Labute approximate surface area is 166 Å². The number of hydrogen-bond acceptors (Lipinski definition) is 5. The number of sulfonamides is 1. The summed E-state index contributed by atoms with van der Waals surface area (Å²) in [6.45, 7) is 1.37. The number of nitro benzene ring substituents is 1. The highest BCUT2D eigenvalue weighted by molar-refractivity contribution is 7.93. The maximum atomic E-state index is 13.4. The molecule has 0 N–H and O–H groups in total. The summed E-state index contributed by atoms with van der Waals surface area (Å²) in [5, 5.41) is 11.6. The van der Waals surface area contributed by atoms with Crippen molar-refractivity contribution in [2.24, 2.45) is 0 Å². The van der Waals surface area contributed by atoms with Crippen molar-refractivity contribution in [2.45, 2.75) is 17.9 Å². The molecule has 28 heavy (non-hydrogen) atoms. The van der Waals surface area contributed by atoms with Gasteiger partial charge in [-0.25, -0.2) is 8.42 Å². The number of non-ortho nitro benzene ring substituents is 1. The van der Waals surface area contributed by atoms with Crippen molar-refractivity contribution in [3.05, 3.63) is 76.8 Å². The zero-order valence-electron chi connectivity index (χ0n) is 14.7. The van der Waals surface area contributed by atoms with Gasteiger partial charge in [-0.3, -0.25) is 19.2 Å². The van der Waals surface area contributed by atoms with Gasteiger partial charge in [-0.1, -0.05) is 42.5 Å². The van der Waals surface area contributed by atoms with E-state index in [9.17, 15) is 23.3 Å². The molecule has 3 rings (SSSR count). The van der Waals surface area contributed by atoms with Crippen LogP contribution in [0.1, 0.15) is 6.92 Å². The summed E-state index contributed by atoms with van der Waals surface area (Å²) >= 11 is 5.65. The van der Waals surface area contributed by atoms with Crippen molar-refractivity contribution in [1.29, 1.82) is 0 Å². The van der Waals surface area contributed by atoms with Gasteiger partial charge < -0.3 is 0 Å². The largest absolute Gasteiger partial charge is 0.279 e. The summed E-state index contributed by atoms with van der Waals surface area (Å²) in [5.74, 6) is 0. The molecule has 0 saturated heterocycles. The number of anilines is 1. The first-order valence-corrected chi connectivity index (χ1v) is 10.0. The Hall–Kier alpha value is -2.97. The highest BCUT2D eigenvalue weighted by atomic mass is 35.5. The molecule has 3 aromatic rings. The Bertz CT molecular complexity index is 1170. The zero-order valence-corrected chi connectivity index (χ0v) is 16.2. The molecule has 3 aromatic carbocycles. The molecule has 9 heteroatoms. The predicted molar refractivity (Wildman–Crippen MR) is 107 cm³/mol.